The van der Waals surface area contributed by atoms with Crippen molar-refractivity contribution in [3.63, 3.8) is 0 Å². The zero-order valence-corrected chi connectivity index (χ0v) is 11.1. The van der Waals surface area contributed by atoms with Crippen LogP contribution >= 0.6 is 0 Å². The van der Waals surface area contributed by atoms with Crippen LogP contribution in [-0.2, 0) is 9.53 Å². The number of hydrogen-bond donors (Lipinski definition) is 1. The van der Waals surface area contributed by atoms with E-state index in [1.54, 1.807) is 0 Å². The number of amides is 1. The van der Waals surface area contributed by atoms with Gasteiger partial charge >= 0.3 is 0 Å². The van der Waals surface area contributed by atoms with Gasteiger partial charge in [0, 0.05) is 17.9 Å². The predicted octanol–water partition coefficient (Wildman–Crippen LogP) is 1.13. The molecule has 5 rings (SSSR count). The molecule has 2 saturated heterocycles. The van der Waals surface area contributed by atoms with Crippen molar-refractivity contribution in [1.29, 1.82) is 0 Å². The second kappa shape index (κ2) is 3.53. The Kier molecular flexibility index (Phi) is 2.06. The number of nitrogens with zero attached hydrogens (tertiary/aromatic N) is 1. The van der Waals surface area contributed by atoms with Crippen LogP contribution in [0.15, 0.2) is 0 Å². The first kappa shape index (κ1) is 11.1. The molecule has 0 radical (unpaired) electrons. The molecule has 2 aliphatic heterocycles. The second-order valence-corrected chi connectivity index (χ2v) is 7.18. The van der Waals surface area contributed by atoms with E-state index in [-0.39, 0.29) is 17.7 Å². The van der Waals surface area contributed by atoms with Crippen molar-refractivity contribution in [2.75, 3.05) is 0 Å². The van der Waals surface area contributed by atoms with Crippen LogP contribution < -0.4 is 0 Å². The van der Waals surface area contributed by atoms with E-state index < -0.39 is 6.23 Å². The van der Waals surface area contributed by atoms with Crippen LogP contribution in [0.25, 0.3) is 0 Å². The highest BCUT2D eigenvalue weighted by molar-refractivity contribution is 5.83. The summed E-state index contributed by atoms with van der Waals surface area (Å²) < 4.78 is 5.67. The minimum Gasteiger partial charge on any atom is -0.373 e. The van der Waals surface area contributed by atoms with Crippen molar-refractivity contribution in [3.8, 4) is 0 Å². The van der Waals surface area contributed by atoms with E-state index in [9.17, 15) is 9.90 Å². The third-order valence-electron chi connectivity index (χ3n) is 6.46. The third kappa shape index (κ3) is 1.25. The van der Waals surface area contributed by atoms with Gasteiger partial charge in [0.15, 0.2) is 0 Å². The highest BCUT2D eigenvalue weighted by Crippen LogP contribution is 2.65. The lowest BCUT2D eigenvalue weighted by Gasteiger charge is -2.35. The Bertz CT molecular complexity index is 433. The van der Waals surface area contributed by atoms with E-state index in [0.717, 1.165) is 19.3 Å². The summed E-state index contributed by atoms with van der Waals surface area (Å²) in [5, 5.41) is 10.7. The fraction of sp³-hybridized carbons (Fsp3) is 0.933. The van der Waals surface area contributed by atoms with Crippen molar-refractivity contribution in [1.82, 2.24) is 4.90 Å². The molecule has 3 saturated carbocycles. The number of carbonyl (C=O) groups excluding carboxylic acids is 1. The lowest BCUT2D eigenvalue weighted by molar-refractivity contribution is -0.141. The van der Waals surface area contributed by atoms with Crippen LogP contribution in [0.5, 0.6) is 0 Å². The number of rotatable bonds is 1. The van der Waals surface area contributed by atoms with Crippen LogP contribution in [0, 0.1) is 23.7 Å². The topological polar surface area (TPSA) is 53.1 Å². The van der Waals surface area contributed by atoms with Gasteiger partial charge in [-0.05, 0) is 25.2 Å². The molecule has 3 aliphatic carbocycles. The van der Waals surface area contributed by atoms with Crippen molar-refractivity contribution in [2.45, 2.75) is 63.0 Å². The monoisotopic (exact) mass is 263 g/mol. The number of carbonyl (C=O) groups is 1. The van der Waals surface area contributed by atoms with Gasteiger partial charge in [0.1, 0.15) is 6.23 Å². The number of ether oxygens (including phenoxy) is 1. The molecule has 2 heterocycles. The first-order valence-corrected chi connectivity index (χ1v) is 7.93. The van der Waals surface area contributed by atoms with E-state index in [4.69, 9.17) is 4.74 Å². The zero-order valence-electron chi connectivity index (χ0n) is 11.1. The Hall–Kier alpha value is -0.610. The molecule has 1 N–H and O–H groups in total. The van der Waals surface area contributed by atoms with Crippen LogP contribution in [-0.4, -0.2) is 40.4 Å². The molecular weight excluding hydrogens is 242 g/mol. The van der Waals surface area contributed by atoms with Crippen LogP contribution in [0.4, 0.5) is 0 Å². The summed E-state index contributed by atoms with van der Waals surface area (Å²) in [6, 6.07) is 0.304. The Balaban J connectivity index is 1.46. The number of fused-ring (bicyclic) bond motifs is 8. The van der Waals surface area contributed by atoms with Gasteiger partial charge in [-0.25, -0.2) is 0 Å². The standard InChI is InChI=1S/C15H21NO3/c17-14-10-8-6-9(13-12(8)19-13)11(10)15(18)16(14)7-4-2-1-3-5-7/h7-14,17H,1-6H2/t8?,9?,10?,11?,12?,13?,14-/m1/s1. The van der Waals surface area contributed by atoms with Gasteiger partial charge in [0.05, 0.1) is 18.1 Å². The number of hydrogen-bond acceptors (Lipinski definition) is 3. The molecule has 5 fully saturated rings. The number of likely N-dealkylation sites (tertiary alicyclic amines) is 1. The maximum absolute atomic E-state index is 12.8. The molecule has 6 unspecified atom stereocenters. The lowest BCUT2D eigenvalue weighted by Crippen LogP contribution is -2.45. The van der Waals surface area contributed by atoms with E-state index in [1.807, 2.05) is 4.90 Å². The van der Waals surface area contributed by atoms with Crippen molar-refractivity contribution < 1.29 is 14.6 Å². The van der Waals surface area contributed by atoms with Gasteiger partial charge in [-0.3, -0.25) is 4.79 Å². The highest BCUT2D eigenvalue weighted by atomic mass is 16.6. The SMILES string of the molecule is O=C1C2C3CC(C4OC34)C2[C@@H](O)N1C1CCCCC1. The van der Waals surface area contributed by atoms with E-state index in [2.05, 4.69) is 0 Å². The van der Waals surface area contributed by atoms with E-state index in [1.165, 1.54) is 19.3 Å². The molecule has 0 aromatic heterocycles. The smallest absolute Gasteiger partial charge is 0.228 e. The van der Waals surface area contributed by atoms with Crippen LogP contribution in [0.3, 0.4) is 0 Å². The fourth-order valence-electron chi connectivity index (χ4n) is 5.68. The molecule has 7 atom stereocenters. The Labute approximate surface area is 113 Å². The maximum Gasteiger partial charge on any atom is 0.228 e. The molecule has 104 valence electrons. The van der Waals surface area contributed by atoms with Crippen molar-refractivity contribution in [3.05, 3.63) is 0 Å². The van der Waals surface area contributed by atoms with Crippen molar-refractivity contribution >= 4 is 5.91 Å². The third-order valence-corrected chi connectivity index (χ3v) is 6.46. The molecule has 0 aromatic carbocycles. The van der Waals surface area contributed by atoms with Gasteiger partial charge in [0.2, 0.25) is 5.91 Å². The summed E-state index contributed by atoms with van der Waals surface area (Å²) in [5.41, 5.74) is 0. The number of aliphatic hydroxyl groups is 1. The molecular formula is C15H21NO3. The van der Waals surface area contributed by atoms with Gasteiger partial charge < -0.3 is 14.7 Å². The molecule has 0 spiro atoms. The Morgan fingerprint density at radius 2 is 1.84 bits per heavy atom. The summed E-state index contributed by atoms with van der Waals surface area (Å²) in [7, 11) is 0. The number of aliphatic hydroxyl groups excluding tert-OH is 1. The summed E-state index contributed by atoms with van der Waals surface area (Å²) >= 11 is 0. The summed E-state index contributed by atoms with van der Waals surface area (Å²) in [4.78, 5) is 14.6. The highest BCUT2D eigenvalue weighted by Gasteiger charge is 2.73. The van der Waals surface area contributed by atoms with Gasteiger partial charge in [-0.1, -0.05) is 19.3 Å². The lowest BCUT2D eigenvalue weighted by atomic mass is 9.81. The average Bonchev–Trinajstić information content (AvgIpc) is 2.94. The largest absolute Gasteiger partial charge is 0.373 e. The fourth-order valence-corrected chi connectivity index (χ4v) is 5.68. The number of epoxide rings is 1. The molecule has 19 heavy (non-hydrogen) atoms. The Morgan fingerprint density at radius 1 is 1.11 bits per heavy atom. The van der Waals surface area contributed by atoms with Crippen LogP contribution in [0.2, 0.25) is 0 Å². The van der Waals surface area contributed by atoms with Gasteiger partial charge in [-0.15, -0.1) is 0 Å². The molecule has 4 nitrogen and oxygen atoms in total. The molecule has 2 bridgehead atoms. The van der Waals surface area contributed by atoms with Gasteiger partial charge in [0.25, 0.3) is 0 Å². The molecule has 0 aromatic rings. The summed E-state index contributed by atoms with van der Waals surface area (Å²) in [5.74, 6) is 1.35. The van der Waals surface area contributed by atoms with Crippen LogP contribution in [0.1, 0.15) is 38.5 Å². The maximum atomic E-state index is 12.8. The molecule has 1 amide bonds. The minimum atomic E-state index is -0.527. The normalized spacial score (nSPS) is 55.5. The van der Waals surface area contributed by atoms with E-state index >= 15 is 0 Å². The predicted molar refractivity (Wildman–Crippen MR) is 67.0 cm³/mol. The second-order valence-electron chi connectivity index (χ2n) is 7.18. The Morgan fingerprint density at radius 3 is 2.63 bits per heavy atom. The summed E-state index contributed by atoms with van der Waals surface area (Å²) in [6.07, 6.45) is 7.18. The molecule has 5 aliphatic rings. The average molecular weight is 263 g/mol. The molecule has 4 heteroatoms. The van der Waals surface area contributed by atoms with Gasteiger partial charge in [-0.2, -0.15) is 0 Å². The zero-order chi connectivity index (χ0) is 12.7. The minimum absolute atomic E-state index is 0.0747. The summed E-state index contributed by atoms with van der Waals surface area (Å²) in [6.45, 7) is 0. The van der Waals surface area contributed by atoms with Crippen molar-refractivity contribution in [2.24, 2.45) is 23.7 Å². The quantitative estimate of drug-likeness (QED) is 0.722. The first-order chi connectivity index (χ1) is 9.27. The first-order valence-electron chi connectivity index (χ1n) is 7.93. The van der Waals surface area contributed by atoms with E-state index in [0.29, 0.717) is 30.1 Å².